The van der Waals surface area contributed by atoms with E-state index in [1.54, 1.807) is 0 Å². The van der Waals surface area contributed by atoms with Crippen LogP contribution in [0.25, 0.3) is 38.9 Å². The number of nitrogens with zero attached hydrogens (tertiary/aromatic N) is 6. The number of aromatic nitrogens is 5. The van der Waals surface area contributed by atoms with Gasteiger partial charge in [0.05, 0.1) is 11.2 Å². The van der Waals surface area contributed by atoms with Crippen LogP contribution in [0.5, 0.6) is 0 Å². The Kier molecular flexibility index (Phi) is 6.38. The Morgan fingerprint density at radius 2 is 1.76 bits per heavy atom. The van der Waals surface area contributed by atoms with Crippen molar-refractivity contribution in [3.8, 4) is 22.5 Å². The van der Waals surface area contributed by atoms with E-state index in [-0.39, 0.29) is 11.8 Å². The monoisotopic (exact) mass is 546 g/mol. The van der Waals surface area contributed by atoms with Gasteiger partial charge in [-0.3, -0.25) is 4.79 Å². The molecule has 5 aromatic rings. The first kappa shape index (κ1) is 25.6. The predicted octanol–water partition coefficient (Wildman–Crippen LogP) is 4.59. The maximum Gasteiger partial charge on any atom is 0.220 e. The summed E-state index contributed by atoms with van der Waals surface area (Å²) < 4.78 is 1.90. The molecule has 9 nitrogen and oxygen atoms in total. The number of amides is 1. The third kappa shape index (κ3) is 4.60. The van der Waals surface area contributed by atoms with Crippen LogP contribution in [0.4, 0.5) is 5.82 Å². The van der Waals surface area contributed by atoms with E-state index >= 15 is 0 Å². The van der Waals surface area contributed by atoms with E-state index in [1.165, 1.54) is 6.33 Å². The SMILES string of the molecule is Cc1c(-c2nc(C3CC(CN4CCC(C(N)=O)CC4)C3)n3ncnc(N)c23)ccc2ccc(-c3ccccc3)nc12. The minimum absolute atomic E-state index is 0.0268. The summed E-state index contributed by atoms with van der Waals surface area (Å²) in [7, 11) is 0. The van der Waals surface area contributed by atoms with Gasteiger partial charge < -0.3 is 16.4 Å². The second kappa shape index (κ2) is 10.2. The number of pyridine rings is 1. The van der Waals surface area contributed by atoms with Gasteiger partial charge in [0.2, 0.25) is 5.91 Å². The summed E-state index contributed by atoms with van der Waals surface area (Å²) in [5.41, 5.74) is 18.5. The molecular formula is C32H34N8O. The van der Waals surface area contributed by atoms with E-state index in [9.17, 15) is 4.79 Å². The molecule has 1 saturated heterocycles. The number of likely N-dealkylation sites (tertiary alicyclic amines) is 1. The fourth-order valence-electron chi connectivity index (χ4n) is 6.65. The highest BCUT2D eigenvalue weighted by Gasteiger charge is 2.36. The molecule has 1 amide bonds. The molecule has 1 aliphatic heterocycles. The zero-order valence-corrected chi connectivity index (χ0v) is 23.2. The third-order valence-electron chi connectivity index (χ3n) is 9.03. The lowest BCUT2D eigenvalue weighted by atomic mass is 9.74. The van der Waals surface area contributed by atoms with Crippen LogP contribution in [-0.2, 0) is 4.79 Å². The summed E-state index contributed by atoms with van der Waals surface area (Å²) in [5.74, 6) is 2.14. The van der Waals surface area contributed by atoms with Gasteiger partial charge in [-0.1, -0.05) is 48.5 Å². The molecule has 0 radical (unpaired) electrons. The Labute approximate surface area is 238 Å². The highest BCUT2D eigenvalue weighted by atomic mass is 16.1. The topological polar surface area (TPSA) is 128 Å². The number of nitrogens with two attached hydrogens (primary N) is 2. The maximum absolute atomic E-state index is 11.5. The maximum atomic E-state index is 11.5. The van der Waals surface area contributed by atoms with E-state index in [0.717, 1.165) is 95.6 Å². The predicted molar refractivity (Wildman–Crippen MR) is 160 cm³/mol. The van der Waals surface area contributed by atoms with Crippen LogP contribution in [-0.4, -0.2) is 55.0 Å². The van der Waals surface area contributed by atoms with Gasteiger partial charge in [0, 0.05) is 34.9 Å². The van der Waals surface area contributed by atoms with Crippen molar-refractivity contribution in [2.24, 2.45) is 17.6 Å². The molecule has 4 heterocycles. The van der Waals surface area contributed by atoms with Crippen LogP contribution >= 0.6 is 0 Å². The molecule has 0 unspecified atom stereocenters. The van der Waals surface area contributed by atoms with Crippen molar-refractivity contribution >= 4 is 28.1 Å². The number of imidazole rings is 1. The number of piperidine rings is 1. The fraction of sp³-hybridized carbons (Fsp3) is 0.344. The number of nitrogen functional groups attached to an aromatic ring is 1. The van der Waals surface area contributed by atoms with E-state index in [0.29, 0.717) is 17.7 Å². The summed E-state index contributed by atoms with van der Waals surface area (Å²) in [6.45, 7) is 5.03. The van der Waals surface area contributed by atoms with Gasteiger partial charge in [-0.15, -0.1) is 0 Å². The van der Waals surface area contributed by atoms with Gasteiger partial charge in [0.1, 0.15) is 23.4 Å². The Hall–Kier alpha value is -4.37. The van der Waals surface area contributed by atoms with Gasteiger partial charge in [-0.25, -0.2) is 19.5 Å². The molecular weight excluding hydrogens is 512 g/mol. The molecule has 3 aromatic heterocycles. The summed E-state index contributed by atoms with van der Waals surface area (Å²) in [6.07, 6.45) is 5.34. The summed E-state index contributed by atoms with van der Waals surface area (Å²) in [6, 6.07) is 18.6. The van der Waals surface area contributed by atoms with E-state index in [2.05, 4.69) is 58.3 Å². The highest BCUT2D eigenvalue weighted by Crippen LogP contribution is 2.44. The largest absolute Gasteiger partial charge is 0.382 e. The fourth-order valence-corrected chi connectivity index (χ4v) is 6.65. The molecule has 0 atom stereocenters. The lowest BCUT2D eigenvalue weighted by molar-refractivity contribution is -0.123. The Morgan fingerprint density at radius 3 is 2.51 bits per heavy atom. The zero-order valence-electron chi connectivity index (χ0n) is 23.2. The highest BCUT2D eigenvalue weighted by molar-refractivity contribution is 5.94. The van der Waals surface area contributed by atoms with Crippen molar-refractivity contribution < 1.29 is 4.79 Å². The first-order valence-corrected chi connectivity index (χ1v) is 14.4. The quantitative estimate of drug-likeness (QED) is 0.319. The molecule has 0 spiro atoms. The van der Waals surface area contributed by atoms with Crippen LogP contribution in [0.1, 0.15) is 43.0 Å². The van der Waals surface area contributed by atoms with Crippen molar-refractivity contribution in [3.05, 3.63) is 72.3 Å². The Bertz CT molecular complexity index is 1750. The van der Waals surface area contributed by atoms with Gasteiger partial charge >= 0.3 is 0 Å². The van der Waals surface area contributed by atoms with Crippen molar-refractivity contribution in [2.45, 2.75) is 38.5 Å². The molecule has 2 aliphatic rings. The van der Waals surface area contributed by atoms with Crippen molar-refractivity contribution in [3.63, 3.8) is 0 Å². The summed E-state index contributed by atoms with van der Waals surface area (Å²) in [5, 5.41) is 5.68. The Balaban J connectivity index is 1.18. The zero-order chi connectivity index (χ0) is 28.1. The molecule has 1 aliphatic carbocycles. The van der Waals surface area contributed by atoms with Gasteiger partial charge in [0.15, 0.2) is 5.82 Å². The lowest BCUT2D eigenvalue weighted by Crippen LogP contribution is -2.42. The second-order valence-electron chi connectivity index (χ2n) is 11.6. The number of aryl methyl sites for hydroxylation is 1. The lowest BCUT2D eigenvalue weighted by Gasteiger charge is -2.39. The second-order valence-corrected chi connectivity index (χ2v) is 11.6. The van der Waals surface area contributed by atoms with Crippen molar-refractivity contribution in [1.82, 2.24) is 29.5 Å². The smallest absolute Gasteiger partial charge is 0.220 e. The Morgan fingerprint density at radius 1 is 1.00 bits per heavy atom. The number of carbonyl (C=O) groups excluding carboxylic acids is 1. The van der Waals surface area contributed by atoms with Crippen LogP contribution in [0, 0.1) is 18.8 Å². The minimum Gasteiger partial charge on any atom is -0.382 e. The van der Waals surface area contributed by atoms with Crippen LogP contribution < -0.4 is 11.5 Å². The first-order valence-electron chi connectivity index (χ1n) is 14.4. The molecule has 4 N–H and O–H groups in total. The third-order valence-corrected chi connectivity index (χ3v) is 9.03. The number of anilines is 1. The van der Waals surface area contributed by atoms with E-state index < -0.39 is 0 Å². The minimum atomic E-state index is -0.161. The van der Waals surface area contributed by atoms with Gasteiger partial charge in [-0.05, 0) is 63.2 Å². The molecule has 7 rings (SSSR count). The van der Waals surface area contributed by atoms with Crippen LogP contribution in [0.3, 0.4) is 0 Å². The number of benzene rings is 2. The number of fused-ring (bicyclic) bond motifs is 2. The average Bonchev–Trinajstić information content (AvgIpc) is 3.35. The van der Waals surface area contributed by atoms with Crippen LogP contribution in [0.15, 0.2) is 60.9 Å². The number of hydrogen-bond donors (Lipinski definition) is 2. The van der Waals surface area contributed by atoms with Crippen molar-refractivity contribution in [2.75, 3.05) is 25.4 Å². The molecule has 9 heteroatoms. The van der Waals surface area contributed by atoms with Crippen molar-refractivity contribution in [1.29, 1.82) is 0 Å². The summed E-state index contributed by atoms with van der Waals surface area (Å²) in [4.78, 5) is 28.6. The molecule has 2 aromatic carbocycles. The molecule has 0 bridgehead atoms. The van der Waals surface area contributed by atoms with E-state index in [4.69, 9.17) is 21.4 Å². The molecule has 41 heavy (non-hydrogen) atoms. The van der Waals surface area contributed by atoms with Gasteiger partial charge in [-0.2, -0.15) is 5.10 Å². The standard InChI is InChI=1S/C32H34N8O/c1-19-25(9-7-22-8-10-26(37-27(19)22)21-5-3-2-4-6-21)28-29-30(33)35-18-36-40(29)32(38-28)24-15-20(16-24)17-39-13-11-23(12-14-39)31(34)41/h2-10,18,20,23-24H,11-17H2,1H3,(H2,34,41)(H2,33,35,36). The number of hydrogen-bond acceptors (Lipinski definition) is 7. The number of rotatable bonds is 6. The molecule has 2 fully saturated rings. The summed E-state index contributed by atoms with van der Waals surface area (Å²) >= 11 is 0. The van der Waals surface area contributed by atoms with Crippen LogP contribution in [0.2, 0.25) is 0 Å². The number of primary amides is 1. The molecule has 208 valence electrons. The molecule has 1 saturated carbocycles. The van der Waals surface area contributed by atoms with Gasteiger partial charge in [0.25, 0.3) is 0 Å². The normalized spacial score (nSPS) is 19.9. The number of carbonyl (C=O) groups is 1. The van der Waals surface area contributed by atoms with E-state index in [1.807, 2.05) is 22.7 Å². The average molecular weight is 547 g/mol. The first-order chi connectivity index (χ1) is 20.0.